The molecular formula is C18H14N4O5S. The van der Waals surface area contributed by atoms with Crippen LogP contribution in [0.25, 0.3) is 11.3 Å². The number of aryl methyl sites for hydroxylation is 1. The lowest BCUT2D eigenvalue weighted by molar-refractivity contribution is -0.396. The largest absolute Gasteiger partial charge is 0.497 e. The molecule has 0 unspecified atom stereocenters. The number of non-ortho nitro benzene ring substituents is 1. The van der Waals surface area contributed by atoms with Gasteiger partial charge in [0.1, 0.15) is 5.75 Å². The normalized spacial score (nSPS) is 10.5. The second-order valence-corrected chi connectivity index (χ2v) is 6.68. The summed E-state index contributed by atoms with van der Waals surface area (Å²) in [5, 5.41) is 22.5. The van der Waals surface area contributed by atoms with Crippen molar-refractivity contribution in [2.75, 3.05) is 7.11 Å². The SMILES string of the molecule is COc1ccc(-c2cc(C)nc(Sc3ccc([N+](=O)[O-])cc3[N+](=O)[O-])n2)cc1. The third-order valence-electron chi connectivity index (χ3n) is 3.77. The van der Waals surface area contributed by atoms with E-state index in [1.807, 2.05) is 12.1 Å². The van der Waals surface area contributed by atoms with E-state index in [1.165, 1.54) is 12.1 Å². The summed E-state index contributed by atoms with van der Waals surface area (Å²) in [6.07, 6.45) is 0. The number of methoxy groups -OCH3 is 1. The van der Waals surface area contributed by atoms with Gasteiger partial charge in [-0.05, 0) is 55.1 Å². The van der Waals surface area contributed by atoms with Gasteiger partial charge in [-0.2, -0.15) is 0 Å². The average molecular weight is 398 g/mol. The quantitative estimate of drug-likeness (QED) is 0.340. The van der Waals surface area contributed by atoms with Gasteiger partial charge < -0.3 is 4.74 Å². The number of ether oxygens (including phenoxy) is 1. The molecule has 0 aliphatic rings. The van der Waals surface area contributed by atoms with E-state index < -0.39 is 9.85 Å². The number of aromatic nitrogens is 2. The maximum atomic E-state index is 11.3. The van der Waals surface area contributed by atoms with E-state index in [0.717, 1.165) is 23.4 Å². The number of hydrogen-bond donors (Lipinski definition) is 0. The fourth-order valence-corrected chi connectivity index (χ4v) is 3.35. The van der Waals surface area contributed by atoms with Crippen LogP contribution < -0.4 is 4.74 Å². The van der Waals surface area contributed by atoms with Gasteiger partial charge in [-0.1, -0.05) is 0 Å². The number of nitrogens with zero attached hydrogens (tertiary/aromatic N) is 4. The molecule has 0 aliphatic heterocycles. The number of nitro benzene ring substituents is 2. The van der Waals surface area contributed by atoms with Gasteiger partial charge in [0, 0.05) is 17.3 Å². The molecule has 10 heteroatoms. The first kappa shape index (κ1) is 19.2. The highest BCUT2D eigenvalue weighted by molar-refractivity contribution is 7.99. The minimum atomic E-state index is -0.674. The first-order chi connectivity index (χ1) is 13.4. The molecule has 1 aromatic heterocycles. The Morgan fingerprint density at radius 1 is 0.964 bits per heavy atom. The minimum absolute atomic E-state index is 0.224. The third kappa shape index (κ3) is 4.23. The second kappa shape index (κ2) is 8.01. The lowest BCUT2D eigenvalue weighted by Crippen LogP contribution is -1.97. The number of rotatable bonds is 6. The Bertz CT molecular complexity index is 1060. The van der Waals surface area contributed by atoms with Crippen LogP contribution in [-0.2, 0) is 0 Å². The van der Waals surface area contributed by atoms with Gasteiger partial charge >= 0.3 is 0 Å². The summed E-state index contributed by atoms with van der Waals surface area (Å²) >= 11 is 0.982. The van der Waals surface area contributed by atoms with Crippen molar-refractivity contribution in [3.63, 3.8) is 0 Å². The molecule has 0 atom stereocenters. The highest BCUT2D eigenvalue weighted by Gasteiger charge is 2.21. The van der Waals surface area contributed by atoms with E-state index in [2.05, 4.69) is 9.97 Å². The van der Waals surface area contributed by atoms with Crippen LogP contribution in [0.5, 0.6) is 5.75 Å². The molecule has 142 valence electrons. The van der Waals surface area contributed by atoms with Crippen LogP contribution in [0.1, 0.15) is 5.69 Å². The van der Waals surface area contributed by atoms with Crippen molar-refractivity contribution in [1.29, 1.82) is 0 Å². The Kier molecular flexibility index (Phi) is 5.50. The molecule has 1 heterocycles. The summed E-state index contributed by atoms with van der Waals surface area (Å²) in [4.78, 5) is 29.9. The minimum Gasteiger partial charge on any atom is -0.497 e. The maximum absolute atomic E-state index is 11.3. The Morgan fingerprint density at radius 3 is 2.29 bits per heavy atom. The molecule has 0 fully saturated rings. The lowest BCUT2D eigenvalue weighted by Gasteiger charge is -2.07. The summed E-state index contributed by atoms with van der Waals surface area (Å²) < 4.78 is 5.14. The zero-order valence-corrected chi connectivity index (χ0v) is 15.7. The predicted molar refractivity (Wildman–Crippen MR) is 103 cm³/mol. The molecule has 0 amide bonds. The monoisotopic (exact) mass is 398 g/mol. The van der Waals surface area contributed by atoms with Gasteiger partial charge in [0.25, 0.3) is 11.4 Å². The molecule has 0 saturated heterocycles. The van der Waals surface area contributed by atoms with Crippen molar-refractivity contribution in [3.05, 3.63) is 74.5 Å². The molecule has 3 rings (SSSR count). The molecule has 9 nitrogen and oxygen atoms in total. The Hall–Kier alpha value is -3.53. The highest BCUT2D eigenvalue weighted by Crippen LogP contribution is 2.36. The van der Waals surface area contributed by atoms with Crippen LogP contribution in [0.3, 0.4) is 0 Å². The molecular weight excluding hydrogens is 384 g/mol. The van der Waals surface area contributed by atoms with Gasteiger partial charge in [-0.3, -0.25) is 20.2 Å². The van der Waals surface area contributed by atoms with E-state index in [-0.39, 0.29) is 16.3 Å². The summed E-state index contributed by atoms with van der Waals surface area (Å²) in [6, 6.07) is 12.6. The van der Waals surface area contributed by atoms with Crippen LogP contribution in [-0.4, -0.2) is 26.9 Å². The standard InChI is InChI=1S/C18H14N4O5S/c1-11-9-15(12-3-6-14(27-2)7-4-12)20-18(19-11)28-17-8-5-13(21(23)24)10-16(17)22(25)26/h3-10H,1-2H3. The average Bonchev–Trinajstić information content (AvgIpc) is 2.67. The van der Waals surface area contributed by atoms with Crippen molar-refractivity contribution >= 4 is 23.1 Å². The Labute approximate surface area is 163 Å². The van der Waals surface area contributed by atoms with Crippen molar-refractivity contribution in [2.24, 2.45) is 0 Å². The zero-order chi connectivity index (χ0) is 20.3. The van der Waals surface area contributed by atoms with Crippen LogP contribution in [0.15, 0.2) is 58.6 Å². The molecule has 0 spiro atoms. The van der Waals surface area contributed by atoms with Crippen molar-refractivity contribution in [2.45, 2.75) is 17.0 Å². The van der Waals surface area contributed by atoms with E-state index in [4.69, 9.17) is 4.74 Å². The van der Waals surface area contributed by atoms with Crippen molar-refractivity contribution in [1.82, 2.24) is 9.97 Å². The molecule has 0 N–H and O–H groups in total. The van der Waals surface area contributed by atoms with Crippen molar-refractivity contribution < 1.29 is 14.6 Å². The highest BCUT2D eigenvalue weighted by atomic mass is 32.2. The second-order valence-electron chi connectivity index (χ2n) is 5.67. The topological polar surface area (TPSA) is 121 Å². The molecule has 0 radical (unpaired) electrons. The van der Waals surface area contributed by atoms with Crippen LogP contribution in [0, 0.1) is 27.2 Å². The lowest BCUT2D eigenvalue weighted by atomic mass is 10.1. The van der Waals surface area contributed by atoms with Gasteiger partial charge in [0.2, 0.25) is 0 Å². The summed E-state index contributed by atoms with van der Waals surface area (Å²) in [5.74, 6) is 0.714. The first-order valence-corrected chi connectivity index (χ1v) is 8.80. The number of benzene rings is 2. The molecule has 0 aliphatic carbocycles. The zero-order valence-electron chi connectivity index (χ0n) is 14.9. The third-order valence-corrected chi connectivity index (χ3v) is 4.70. The molecule has 0 bridgehead atoms. The van der Waals surface area contributed by atoms with Crippen molar-refractivity contribution in [3.8, 4) is 17.0 Å². The summed E-state index contributed by atoms with van der Waals surface area (Å²) in [7, 11) is 1.58. The predicted octanol–water partition coefficient (Wildman–Crippen LogP) is 4.43. The fourth-order valence-electron chi connectivity index (χ4n) is 2.44. The Morgan fingerprint density at radius 2 is 1.68 bits per heavy atom. The molecule has 3 aromatic rings. The number of hydrogen-bond acceptors (Lipinski definition) is 8. The van der Waals surface area contributed by atoms with Crippen LogP contribution >= 0.6 is 11.8 Å². The molecule has 0 saturated carbocycles. The maximum Gasteiger partial charge on any atom is 0.290 e. The van der Waals surface area contributed by atoms with Crippen LogP contribution in [0.2, 0.25) is 0 Å². The van der Waals surface area contributed by atoms with Gasteiger partial charge in [-0.15, -0.1) is 0 Å². The van der Waals surface area contributed by atoms with E-state index in [9.17, 15) is 20.2 Å². The Balaban J connectivity index is 1.98. The van der Waals surface area contributed by atoms with Gasteiger partial charge in [0.15, 0.2) is 5.16 Å². The van der Waals surface area contributed by atoms with E-state index in [1.54, 1.807) is 32.2 Å². The van der Waals surface area contributed by atoms with Gasteiger partial charge in [-0.25, -0.2) is 9.97 Å². The molecule has 28 heavy (non-hydrogen) atoms. The smallest absolute Gasteiger partial charge is 0.290 e. The van der Waals surface area contributed by atoms with Gasteiger partial charge in [0.05, 0.1) is 33.6 Å². The van der Waals surface area contributed by atoms with Crippen LogP contribution in [0.4, 0.5) is 11.4 Å². The van der Waals surface area contributed by atoms with E-state index in [0.29, 0.717) is 22.3 Å². The number of nitro groups is 2. The first-order valence-electron chi connectivity index (χ1n) is 7.98. The summed E-state index contributed by atoms with van der Waals surface area (Å²) in [5.41, 5.74) is 1.47. The fraction of sp³-hybridized carbons (Fsp3) is 0.111. The summed E-state index contributed by atoms with van der Waals surface area (Å²) in [6.45, 7) is 1.79. The molecule has 2 aromatic carbocycles. The van der Waals surface area contributed by atoms with E-state index >= 15 is 0 Å².